The third-order valence-electron chi connectivity index (χ3n) is 7.68. The number of benzene rings is 4. The lowest BCUT2D eigenvalue weighted by molar-refractivity contribution is 0.0987. The second-order valence-corrected chi connectivity index (χ2v) is 23.5. The van der Waals surface area contributed by atoms with Crippen molar-refractivity contribution in [2.75, 3.05) is 0 Å². The lowest BCUT2D eigenvalue weighted by atomic mass is 10.0. The molecule has 0 N–H and O–H groups in total. The van der Waals surface area contributed by atoms with Crippen molar-refractivity contribution in [1.29, 1.82) is 0 Å². The Kier molecular flexibility index (Phi) is 7.01. The molecule has 0 saturated carbocycles. The minimum Gasteiger partial charge on any atom is -0.294 e. The van der Waals surface area contributed by atoms with Crippen LogP contribution < -0.4 is 10.4 Å². The molecule has 0 unspecified atom stereocenters. The van der Waals surface area contributed by atoms with Gasteiger partial charge in [-0.1, -0.05) is 92.8 Å². The van der Waals surface area contributed by atoms with Crippen molar-refractivity contribution < 1.29 is 9.59 Å². The standard InChI is InChI=1S/2C16H17ClOSi/c1-19(2,3)16-13-6-5-12(17)9-11(13)8-10-4-7-14(18)15(10)16;1-19(2,3)16-14-10(5-4-6-12(14)17)9-11-7-8-13(18)15(11)16/h5-6,8-9H,4,7H2,1-3H3;4-6,9H,7-8H2,1-3H3. The Labute approximate surface area is 237 Å². The number of halogens is 2. The monoisotopic (exact) mass is 576 g/mol. The van der Waals surface area contributed by atoms with E-state index >= 15 is 0 Å². The average Bonchev–Trinajstić information content (AvgIpc) is 3.37. The van der Waals surface area contributed by atoms with E-state index in [1.54, 1.807) is 0 Å². The molecule has 0 radical (unpaired) electrons. The molecule has 2 aliphatic carbocycles. The number of ketones is 2. The SMILES string of the molecule is C[Si](C)(C)c1c2c(cc3cc(Cl)ccc13)CCC2=O.C[Si](C)(C)c1c2c(cc3cccc(Cl)c13)CCC2=O. The minimum absolute atomic E-state index is 0.300. The highest BCUT2D eigenvalue weighted by Gasteiger charge is 2.33. The second-order valence-electron chi connectivity index (χ2n) is 12.6. The predicted molar refractivity (Wildman–Crippen MR) is 169 cm³/mol. The zero-order valence-corrected chi connectivity index (χ0v) is 26.5. The van der Waals surface area contributed by atoms with E-state index in [2.05, 4.69) is 63.5 Å². The summed E-state index contributed by atoms with van der Waals surface area (Å²) in [5.74, 6) is 0.624. The van der Waals surface area contributed by atoms with Gasteiger partial charge in [-0.3, -0.25) is 9.59 Å². The Morgan fingerprint density at radius 2 is 1.18 bits per heavy atom. The molecule has 2 aliphatic rings. The fraction of sp³-hybridized carbons (Fsp3) is 0.312. The van der Waals surface area contributed by atoms with Crippen molar-refractivity contribution in [2.45, 2.75) is 65.0 Å². The largest absolute Gasteiger partial charge is 0.294 e. The summed E-state index contributed by atoms with van der Waals surface area (Å²) in [4.78, 5) is 24.5. The van der Waals surface area contributed by atoms with Crippen molar-refractivity contribution >= 4 is 82.8 Å². The van der Waals surface area contributed by atoms with Crippen LogP contribution in [-0.4, -0.2) is 27.7 Å². The quantitative estimate of drug-likeness (QED) is 0.225. The molecule has 0 saturated heterocycles. The highest BCUT2D eigenvalue weighted by atomic mass is 35.5. The van der Waals surface area contributed by atoms with Crippen molar-refractivity contribution in [3.63, 3.8) is 0 Å². The molecule has 0 heterocycles. The normalized spacial score (nSPS) is 15.1. The Morgan fingerprint density at radius 3 is 1.76 bits per heavy atom. The van der Waals surface area contributed by atoms with E-state index in [9.17, 15) is 9.59 Å². The Balaban J connectivity index is 0.000000155. The van der Waals surface area contributed by atoms with Gasteiger partial charge in [0.15, 0.2) is 11.6 Å². The second kappa shape index (κ2) is 9.74. The highest BCUT2D eigenvalue weighted by molar-refractivity contribution is 6.92. The summed E-state index contributed by atoms with van der Waals surface area (Å²) in [6, 6.07) is 16.4. The first kappa shape index (κ1) is 27.3. The summed E-state index contributed by atoms with van der Waals surface area (Å²) in [5, 5.41) is 8.80. The smallest absolute Gasteiger partial charge is 0.163 e. The van der Waals surface area contributed by atoms with Crippen molar-refractivity contribution in [1.82, 2.24) is 0 Å². The van der Waals surface area contributed by atoms with E-state index in [0.29, 0.717) is 24.4 Å². The molecule has 6 heteroatoms. The molecule has 4 aromatic rings. The van der Waals surface area contributed by atoms with E-state index in [4.69, 9.17) is 23.2 Å². The van der Waals surface area contributed by atoms with Crippen LogP contribution in [0.4, 0.5) is 0 Å². The molecule has 196 valence electrons. The number of carbonyl (C=O) groups is 2. The summed E-state index contributed by atoms with van der Waals surface area (Å²) < 4.78 is 0. The molecular formula is C32H34Cl2O2Si2. The van der Waals surface area contributed by atoms with Gasteiger partial charge in [0.2, 0.25) is 0 Å². The molecule has 0 aliphatic heterocycles. The maximum Gasteiger partial charge on any atom is 0.163 e. The van der Waals surface area contributed by atoms with Gasteiger partial charge in [0.25, 0.3) is 0 Å². The van der Waals surface area contributed by atoms with E-state index in [1.807, 2.05) is 24.3 Å². The maximum absolute atomic E-state index is 12.3. The van der Waals surface area contributed by atoms with Crippen LogP contribution in [0.1, 0.15) is 44.7 Å². The van der Waals surface area contributed by atoms with E-state index in [0.717, 1.165) is 39.4 Å². The van der Waals surface area contributed by atoms with Crippen molar-refractivity contribution in [3.05, 3.63) is 80.8 Å². The van der Waals surface area contributed by atoms with Crippen molar-refractivity contribution in [3.8, 4) is 0 Å². The highest BCUT2D eigenvalue weighted by Crippen LogP contribution is 2.32. The summed E-state index contributed by atoms with van der Waals surface area (Å²) in [7, 11) is -3.21. The van der Waals surface area contributed by atoms with E-state index in [1.165, 1.54) is 37.7 Å². The summed E-state index contributed by atoms with van der Waals surface area (Å²) in [5.41, 5.74) is 4.45. The van der Waals surface area contributed by atoms with Crippen LogP contribution in [0.15, 0.2) is 48.5 Å². The maximum atomic E-state index is 12.3. The Hall–Kier alpha value is -2.25. The molecule has 0 aromatic heterocycles. The number of hydrogen-bond acceptors (Lipinski definition) is 2. The number of hydrogen-bond donors (Lipinski definition) is 0. The first-order valence-corrected chi connectivity index (χ1v) is 21.1. The van der Waals surface area contributed by atoms with Gasteiger partial charge in [0.1, 0.15) is 0 Å². The number of rotatable bonds is 2. The molecule has 0 bridgehead atoms. The summed E-state index contributed by atoms with van der Waals surface area (Å²) >= 11 is 12.5. The van der Waals surface area contributed by atoms with Crippen LogP contribution in [0.5, 0.6) is 0 Å². The van der Waals surface area contributed by atoms with Crippen molar-refractivity contribution in [2.24, 2.45) is 0 Å². The summed E-state index contributed by atoms with van der Waals surface area (Å²) in [6.07, 6.45) is 3.08. The lowest BCUT2D eigenvalue weighted by Gasteiger charge is -2.23. The lowest BCUT2D eigenvalue weighted by Crippen LogP contribution is -2.41. The van der Waals surface area contributed by atoms with Crippen LogP contribution in [0.25, 0.3) is 21.5 Å². The van der Waals surface area contributed by atoms with Gasteiger partial charge >= 0.3 is 0 Å². The van der Waals surface area contributed by atoms with Crippen LogP contribution in [0.2, 0.25) is 49.3 Å². The number of carbonyl (C=O) groups excluding carboxylic acids is 2. The van der Waals surface area contributed by atoms with Crippen LogP contribution in [0, 0.1) is 0 Å². The topological polar surface area (TPSA) is 34.1 Å². The molecular weight excluding hydrogens is 543 g/mol. The predicted octanol–water partition coefficient (Wildman–Crippen LogP) is 8.33. The van der Waals surface area contributed by atoms with Crippen LogP contribution in [0.3, 0.4) is 0 Å². The fourth-order valence-electron chi connectivity index (χ4n) is 6.21. The molecule has 0 amide bonds. The zero-order valence-electron chi connectivity index (χ0n) is 23.0. The van der Waals surface area contributed by atoms with Gasteiger partial charge in [0, 0.05) is 39.4 Å². The molecule has 4 aromatic carbocycles. The van der Waals surface area contributed by atoms with Gasteiger partial charge in [-0.15, -0.1) is 0 Å². The minimum atomic E-state index is -1.63. The van der Waals surface area contributed by atoms with Crippen LogP contribution >= 0.6 is 23.2 Å². The van der Waals surface area contributed by atoms with Gasteiger partial charge in [-0.25, -0.2) is 0 Å². The number of Topliss-reactive ketones (excluding diaryl/α,β-unsaturated/α-hetero) is 2. The third kappa shape index (κ3) is 4.81. The first-order valence-electron chi connectivity index (χ1n) is 13.3. The Bertz CT molecular complexity index is 1630. The molecule has 0 fully saturated rings. The first-order chi connectivity index (χ1) is 17.8. The van der Waals surface area contributed by atoms with Gasteiger partial charge in [-0.2, -0.15) is 0 Å². The molecule has 0 atom stereocenters. The average molecular weight is 578 g/mol. The third-order valence-corrected chi connectivity index (χ3v) is 12.3. The Morgan fingerprint density at radius 1 is 0.632 bits per heavy atom. The molecule has 2 nitrogen and oxygen atoms in total. The van der Waals surface area contributed by atoms with Gasteiger partial charge in [-0.05, 0) is 68.7 Å². The van der Waals surface area contributed by atoms with E-state index in [-0.39, 0.29) is 0 Å². The molecule has 38 heavy (non-hydrogen) atoms. The van der Waals surface area contributed by atoms with Gasteiger partial charge < -0.3 is 0 Å². The zero-order chi connectivity index (χ0) is 27.6. The fourth-order valence-corrected chi connectivity index (χ4v) is 10.9. The van der Waals surface area contributed by atoms with E-state index < -0.39 is 16.1 Å². The molecule has 6 rings (SSSR count). The van der Waals surface area contributed by atoms with Gasteiger partial charge in [0.05, 0.1) is 16.1 Å². The molecule has 0 spiro atoms. The summed E-state index contributed by atoms with van der Waals surface area (Å²) in [6.45, 7) is 13.8. The number of fused-ring (bicyclic) bond motifs is 4. The number of aryl methyl sites for hydroxylation is 2. The van der Waals surface area contributed by atoms with Crippen LogP contribution in [-0.2, 0) is 12.8 Å².